The summed E-state index contributed by atoms with van der Waals surface area (Å²) in [5, 5.41) is 7.00. The van der Waals surface area contributed by atoms with Crippen molar-refractivity contribution in [1.82, 2.24) is 19.7 Å². The number of benzene rings is 3. The predicted octanol–water partition coefficient (Wildman–Crippen LogP) is 3.24. The summed E-state index contributed by atoms with van der Waals surface area (Å²) in [4.78, 5) is 39.6. The maximum Gasteiger partial charge on any atom is 0.352 e. The average molecular weight is 441 g/mol. The van der Waals surface area contributed by atoms with Crippen LogP contribution in [0.3, 0.4) is 0 Å². The Balaban J connectivity index is 1.81. The van der Waals surface area contributed by atoms with Crippen LogP contribution in [0.2, 0.25) is 0 Å². The fourth-order valence-corrected chi connectivity index (χ4v) is 3.58. The van der Waals surface area contributed by atoms with Gasteiger partial charge in [0.25, 0.3) is 11.5 Å². The van der Waals surface area contributed by atoms with Gasteiger partial charge in [-0.1, -0.05) is 72.8 Å². The average Bonchev–Trinajstić information content (AvgIpc) is 2.84. The van der Waals surface area contributed by atoms with E-state index in [4.69, 9.17) is 0 Å². The number of amides is 1. The molecular formula is C26H24N4O3. The molecule has 0 unspecified atom stereocenters. The fourth-order valence-electron chi connectivity index (χ4n) is 3.58. The van der Waals surface area contributed by atoms with Crippen molar-refractivity contribution in [3.63, 3.8) is 0 Å². The predicted molar refractivity (Wildman–Crippen MR) is 127 cm³/mol. The first-order chi connectivity index (χ1) is 16.0. The number of hydrogen-bond acceptors (Lipinski definition) is 4. The number of nitrogens with one attached hydrogen (secondary N) is 1. The fraction of sp³-hybridized carbons (Fsp3) is 0.154. The molecule has 1 heterocycles. The lowest BCUT2D eigenvalue weighted by molar-refractivity contribution is 0.0930. The second-order valence-corrected chi connectivity index (χ2v) is 7.80. The number of rotatable bonds is 6. The van der Waals surface area contributed by atoms with E-state index >= 15 is 0 Å². The Morgan fingerprint density at radius 1 is 0.909 bits per heavy atom. The molecule has 166 valence electrons. The summed E-state index contributed by atoms with van der Waals surface area (Å²) >= 11 is 0. The van der Waals surface area contributed by atoms with Gasteiger partial charge in [0.15, 0.2) is 0 Å². The van der Waals surface area contributed by atoms with Crippen LogP contribution >= 0.6 is 0 Å². The molecule has 0 radical (unpaired) electrons. The summed E-state index contributed by atoms with van der Waals surface area (Å²) in [6.07, 6.45) is 0. The normalized spacial score (nSPS) is 11.7. The van der Waals surface area contributed by atoms with E-state index in [0.717, 1.165) is 25.9 Å². The molecule has 0 bridgehead atoms. The molecule has 1 atom stereocenters. The van der Waals surface area contributed by atoms with Crippen LogP contribution < -0.4 is 16.6 Å². The minimum atomic E-state index is -0.729. The lowest BCUT2D eigenvalue weighted by atomic mass is 10.1. The number of aromatic nitrogens is 3. The van der Waals surface area contributed by atoms with Crippen molar-refractivity contribution >= 4 is 5.91 Å². The second-order valence-electron chi connectivity index (χ2n) is 7.80. The molecule has 0 aliphatic rings. The minimum Gasteiger partial charge on any atom is -0.344 e. The van der Waals surface area contributed by atoms with E-state index < -0.39 is 17.2 Å². The van der Waals surface area contributed by atoms with Crippen LogP contribution in [0.5, 0.6) is 0 Å². The zero-order chi connectivity index (χ0) is 23.4. The Kier molecular flexibility index (Phi) is 6.31. The van der Waals surface area contributed by atoms with E-state index in [2.05, 4.69) is 10.4 Å². The molecule has 3 aromatic carbocycles. The van der Waals surface area contributed by atoms with Gasteiger partial charge in [-0.15, -0.1) is 0 Å². The molecule has 0 spiro atoms. The molecular weight excluding hydrogens is 416 g/mol. The Bertz CT molecular complexity index is 1390. The van der Waals surface area contributed by atoms with Gasteiger partial charge in [-0.05, 0) is 42.7 Å². The van der Waals surface area contributed by atoms with Gasteiger partial charge in [0, 0.05) is 0 Å². The Hall–Kier alpha value is -4.26. The third-order valence-corrected chi connectivity index (χ3v) is 5.51. The quantitative estimate of drug-likeness (QED) is 0.499. The number of carbonyl (C=O) groups is 1. The Morgan fingerprint density at radius 3 is 2.18 bits per heavy atom. The van der Waals surface area contributed by atoms with Crippen LogP contribution in [-0.4, -0.2) is 20.3 Å². The van der Waals surface area contributed by atoms with Crippen LogP contribution in [0.1, 0.15) is 40.1 Å². The summed E-state index contributed by atoms with van der Waals surface area (Å²) in [6.45, 7) is 3.77. The van der Waals surface area contributed by atoms with Crippen LogP contribution in [0, 0.1) is 6.92 Å². The Morgan fingerprint density at radius 2 is 1.52 bits per heavy atom. The molecule has 7 nitrogen and oxygen atoms in total. The third-order valence-electron chi connectivity index (χ3n) is 5.51. The van der Waals surface area contributed by atoms with Crippen molar-refractivity contribution < 1.29 is 4.79 Å². The van der Waals surface area contributed by atoms with Gasteiger partial charge in [0.1, 0.15) is 0 Å². The van der Waals surface area contributed by atoms with Gasteiger partial charge in [-0.25, -0.2) is 4.79 Å². The summed E-state index contributed by atoms with van der Waals surface area (Å²) in [5.41, 5.74) is 1.43. The number of hydrogen-bond donors (Lipinski definition) is 1. The molecule has 1 amide bonds. The zero-order valence-electron chi connectivity index (χ0n) is 18.4. The van der Waals surface area contributed by atoms with Crippen molar-refractivity contribution in [3.05, 3.63) is 128 Å². The summed E-state index contributed by atoms with van der Waals surface area (Å²) in [6, 6.07) is 25.3. The van der Waals surface area contributed by atoms with E-state index in [9.17, 15) is 14.4 Å². The van der Waals surface area contributed by atoms with Crippen LogP contribution in [-0.2, 0) is 6.54 Å². The number of carbonyl (C=O) groups excluding carboxylic acids is 1. The highest BCUT2D eigenvalue weighted by atomic mass is 16.2. The highest BCUT2D eigenvalue weighted by Gasteiger charge is 2.22. The van der Waals surface area contributed by atoms with Gasteiger partial charge in [-0.2, -0.15) is 9.78 Å². The molecule has 1 N–H and O–H groups in total. The van der Waals surface area contributed by atoms with E-state index in [1.165, 1.54) is 0 Å². The van der Waals surface area contributed by atoms with Gasteiger partial charge < -0.3 is 5.32 Å². The van der Waals surface area contributed by atoms with Crippen LogP contribution in [0.25, 0.3) is 5.69 Å². The zero-order valence-corrected chi connectivity index (χ0v) is 18.4. The highest BCUT2D eigenvalue weighted by Crippen LogP contribution is 2.12. The second kappa shape index (κ2) is 9.48. The summed E-state index contributed by atoms with van der Waals surface area (Å²) < 4.78 is 2.16. The molecule has 33 heavy (non-hydrogen) atoms. The van der Waals surface area contributed by atoms with Crippen LogP contribution in [0.15, 0.2) is 94.5 Å². The van der Waals surface area contributed by atoms with Gasteiger partial charge in [-0.3, -0.25) is 14.2 Å². The minimum absolute atomic E-state index is 0.0359. The van der Waals surface area contributed by atoms with Crippen LogP contribution in [0.4, 0.5) is 0 Å². The summed E-state index contributed by atoms with van der Waals surface area (Å²) in [7, 11) is 0. The SMILES string of the molecule is Cc1ccccc1Cn1c(=O)c(C(=O)N[C@H](C)c2ccccc2)nn(-c2ccccc2)c1=O. The molecule has 4 rings (SSSR count). The van der Waals surface area contributed by atoms with Gasteiger partial charge >= 0.3 is 5.69 Å². The van der Waals surface area contributed by atoms with Crippen molar-refractivity contribution in [2.24, 2.45) is 0 Å². The molecule has 0 saturated carbocycles. The topological polar surface area (TPSA) is 86.0 Å². The maximum absolute atomic E-state index is 13.3. The Labute approximate surface area is 191 Å². The largest absolute Gasteiger partial charge is 0.352 e. The van der Waals surface area contributed by atoms with E-state index in [0.29, 0.717) is 5.69 Å². The standard InChI is InChI=1S/C26H24N4O3/c1-18-11-9-10-14-21(18)17-29-25(32)23(24(31)27-19(2)20-12-5-3-6-13-20)28-30(26(29)33)22-15-7-4-8-16-22/h3-16,19H,17H2,1-2H3,(H,27,31)/t19-/m1/s1. The van der Waals surface area contributed by atoms with E-state index in [1.807, 2.05) is 74.5 Å². The lowest BCUT2D eigenvalue weighted by Crippen LogP contribution is -2.46. The molecule has 4 aromatic rings. The molecule has 0 aliphatic heterocycles. The first-order valence-electron chi connectivity index (χ1n) is 10.7. The monoisotopic (exact) mass is 440 g/mol. The van der Waals surface area contributed by atoms with Gasteiger partial charge in [0.2, 0.25) is 5.69 Å². The van der Waals surface area contributed by atoms with Crippen molar-refractivity contribution in [2.75, 3.05) is 0 Å². The highest BCUT2D eigenvalue weighted by molar-refractivity contribution is 5.92. The van der Waals surface area contributed by atoms with Crippen molar-refractivity contribution in [1.29, 1.82) is 0 Å². The smallest absolute Gasteiger partial charge is 0.344 e. The number of aryl methyl sites for hydroxylation is 1. The molecule has 0 saturated heterocycles. The van der Waals surface area contributed by atoms with Crippen molar-refractivity contribution in [3.8, 4) is 5.69 Å². The van der Waals surface area contributed by atoms with Crippen molar-refractivity contribution in [2.45, 2.75) is 26.4 Å². The number of para-hydroxylation sites is 1. The molecule has 0 fully saturated rings. The maximum atomic E-state index is 13.3. The molecule has 7 heteroatoms. The van der Waals surface area contributed by atoms with Gasteiger partial charge in [0.05, 0.1) is 18.3 Å². The molecule has 1 aromatic heterocycles. The number of nitrogens with zero attached hydrogens (tertiary/aromatic N) is 3. The lowest BCUT2D eigenvalue weighted by Gasteiger charge is -2.16. The first kappa shape index (κ1) is 22.0. The first-order valence-corrected chi connectivity index (χ1v) is 10.7. The third kappa shape index (κ3) is 4.67. The van der Waals surface area contributed by atoms with E-state index in [1.54, 1.807) is 24.3 Å². The summed E-state index contributed by atoms with van der Waals surface area (Å²) in [5.74, 6) is -0.639. The molecule has 0 aliphatic carbocycles. The van der Waals surface area contributed by atoms with E-state index in [-0.39, 0.29) is 18.3 Å².